The maximum atomic E-state index is 9.53. The van der Waals surface area contributed by atoms with Crippen LogP contribution in [0.25, 0.3) is 0 Å². The van der Waals surface area contributed by atoms with E-state index >= 15 is 0 Å². The molecule has 0 saturated carbocycles. The van der Waals surface area contributed by atoms with Gasteiger partial charge in [0.25, 0.3) is 0 Å². The number of halogens is 1. The third kappa shape index (κ3) is 2.41. The fourth-order valence-electron chi connectivity index (χ4n) is 1.70. The fourth-order valence-corrected chi connectivity index (χ4v) is 1.92. The van der Waals surface area contributed by atoms with E-state index in [9.17, 15) is 5.11 Å². The van der Waals surface area contributed by atoms with Crippen LogP contribution in [-0.2, 0) is 13.5 Å². The minimum absolute atomic E-state index is 0.149. The molecule has 0 bridgehead atoms. The highest BCUT2D eigenvalue weighted by Gasteiger charge is 2.30. The smallest absolute Gasteiger partial charge is 0.0847 e. The SMILES string of the molecule is Cc1nn(C)c(CC(C)(CO)C(C)C)c1Cl. The van der Waals surface area contributed by atoms with Gasteiger partial charge in [-0.3, -0.25) is 4.68 Å². The lowest BCUT2D eigenvalue weighted by molar-refractivity contribution is 0.0928. The maximum Gasteiger partial charge on any atom is 0.0847 e. The van der Waals surface area contributed by atoms with Crippen LogP contribution in [0.1, 0.15) is 32.2 Å². The van der Waals surface area contributed by atoms with Gasteiger partial charge >= 0.3 is 0 Å². The van der Waals surface area contributed by atoms with Crippen LogP contribution in [0, 0.1) is 18.3 Å². The molecule has 0 amide bonds. The van der Waals surface area contributed by atoms with E-state index in [1.54, 1.807) is 0 Å². The predicted octanol–water partition coefficient (Wildman–Crippen LogP) is 2.58. The van der Waals surface area contributed by atoms with Gasteiger partial charge in [0, 0.05) is 13.7 Å². The second-order valence-corrected chi connectivity index (χ2v) is 5.49. The molecule has 0 fully saturated rings. The van der Waals surface area contributed by atoms with Crippen molar-refractivity contribution in [1.29, 1.82) is 0 Å². The lowest BCUT2D eigenvalue weighted by Crippen LogP contribution is -2.31. The highest BCUT2D eigenvalue weighted by atomic mass is 35.5. The molecule has 1 aromatic rings. The molecule has 1 aromatic heterocycles. The summed E-state index contributed by atoms with van der Waals surface area (Å²) in [6.07, 6.45) is 0.747. The van der Waals surface area contributed by atoms with Gasteiger partial charge in [-0.1, -0.05) is 32.4 Å². The van der Waals surface area contributed by atoms with Crippen LogP contribution in [0.2, 0.25) is 5.02 Å². The Morgan fingerprint density at radius 1 is 1.50 bits per heavy atom. The average molecular weight is 245 g/mol. The van der Waals surface area contributed by atoms with E-state index in [4.69, 9.17) is 11.6 Å². The molecular formula is C12H21ClN2O. The van der Waals surface area contributed by atoms with Gasteiger partial charge in [-0.15, -0.1) is 0 Å². The highest BCUT2D eigenvalue weighted by molar-refractivity contribution is 6.31. The summed E-state index contributed by atoms with van der Waals surface area (Å²) in [7, 11) is 1.90. The zero-order valence-electron chi connectivity index (χ0n) is 10.7. The van der Waals surface area contributed by atoms with Crippen LogP contribution in [0.5, 0.6) is 0 Å². The first-order valence-electron chi connectivity index (χ1n) is 5.60. The molecule has 1 unspecified atom stereocenters. The molecule has 1 rings (SSSR count). The molecule has 1 heterocycles. The molecule has 0 saturated heterocycles. The van der Waals surface area contributed by atoms with Crippen molar-refractivity contribution in [2.24, 2.45) is 18.4 Å². The second kappa shape index (κ2) is 4.76. The van der Waals surface area contributed by atoms with Crippen LogP contribution in [0.15, 0.2) is 0 Å². The Morgan fingerprint density at radius 3 is 2.38 bits per heavy atom. The Kier molecular flexibility index (Phi) is 4.02. The summed E-state index contributed by atoms with van der Waals surface area (Å²) in [5.74, 6) is 0.392. The van der Waals surface area contributed by atoms with Crippen molar-refractivity contribution < 1.29 is 5.11 Å². The molecule has 0 aliphatic heterocycles. The van der Waals surface area contributed by atoms with Gasteiger partial charge in [0.15, 0.2) is 0 Å². The molecule has 16 heavy (non-hydrogen) atoms. The van der Waals surface area contributed by atoms with Crippen molar-refractivity contribution in [3.05, 3.63) is 16.4 Å². The number of rotatable bonds is 4. The molecule has 4 heteroatoms. The van der Waals surface area contributed by atoms with E-state index < -0.39 is 0 Å². The molecule has 1 atom stereocenters. The fraction of sp³-hybridized carbons (Fsp3) is 0.750. The Bertz CT molecular complexity index is 373. The van der Waals surface area contributed by atoms with Gasteiger partial charge in [0.05, 0.1) is 16.4 Å². The lowest BCUT2D eigenvalue weighted by atomic mass is 9.76. The Morgan fingerprint density at radius 2 is 2.06 bits per heavy atom. The van der Waals surface area contributed by atoms with E-state index in [1.165, 1.54) is 0 Å². The van der Waals surface area contributed by atoms with Crippen LogP contribution >= 0.6 is 11.6 Å². The van der Waals surface area contributed by atoms with Gasteiger partial charge in [0.2, 0.25) is 0 Å². The second-order valence-electron chi connectivity index (χ2n) is 5.11. The number of nitrogens with zero attached hydrogens (tertiary/aromatic N) is 2. The third-order valence-corrected chi connectivity index (χ3v) is 4.08. The number of aryl methyl sites for hydroxylation is 2. The largest absolute Gasteiger partial charge is 0.396 e. The molecule has 3 nitrogen and oxygen atoms in total. The zero-order valence-corrected chi connectivity index (χ0v) is 11.5. The first kappa shape index (κ1) is 13.5. The quantitative estimate of drug-likeness (QED) is 0.884. The molecule has 0 aliphatic carbocycles. The highest BCUT2D eigenvalue weighted by Crippen LogP contribution is 2.33. The van der Waals surface area contributed by atoms with E-state index in [0.717, 1.165) is 22.8 Å². The molecule has 1 N–H and O–H groups in total. The first-order valence-corrected chi connectivity index (χ1v) is 5.98. The number of hydrogen-bond acceptors (Lipinski definition) is 2. The van der Waals surface area contributed by atoms with Gasteiger partial charge in [-0.2, -0.15) is 5.10 Å². The average Bonchev–Trinajstić information content (AvgIpc) is 2.44. The monoisotopic (exact) mass is 244 g/mol. The summed E-state index contributed by atoms with van der Waals surface area (Å²) in [6.45, 7) is 8.37. The van der Waals surface area contributed by atoms with E-state index in [2.05, 4.69) is 25.9 Å². The Hall–Kier alpha value is -0.540. The van der Waals surface area contributed by atoms with Crippen molar-refractivity contribution in [2.75, 3.05) is 6.61 Å². The van der Waals surface area contributed by atoms with Crippen molar-refractivity contribution in [2.45, 2.75) is 34.1 Å². The van der Waals surface area contributed by atoms with Crippen LogP contribution < -0.4 is 0 Å². The first-order chi connectivity index (χ1) is 7.31. The zero-order chi connectivity index (χ0) is 12.5. The maximum absolute atomic E-state index is 9.53. The molecule has 92 valence electrons. The van der Waals surface area contributed by atoms with Crippen molar-refractivity contribution in [3.63, 3.8) is 0 Å². The molecule has 0 aliphatic rings. The van der Waals surface area contributed by atoms with Crippen molar-refractivity contribution in [3.8, 4) is 0 Å². The molecular weight excluding hydrogens is 224 g/mol. The number of aliphatic hydroxyl groups is 1. The molecule has 0 aromatic carbocycles. The van der Waals surface area contributed by atoms with E-state index in [0.29, 0.717) is 5.92 Å². The molecule has 0 spiro atoms. The van der Waals surface area contributed by atoms with Gasteiger partial charge in [0.1, 0.15) is 0 Å². The molecule has 0 radical (unpaired) electrons. The standard InChI is InChI=1S/C12H21ClN2O/c1-8(2)12(4,7-16)6-10-11(13)9(3)14-15(10)5/h8,16H,6-7H2,1-5H3. The minimum atomic E-state index is -0.149. The normalized spacial score (nSPS) is 15.5. The van der Waals surface area contributed by atoms with Gasteiger partial charge in [-0.05, 0) is 24.7 Å². The van der Waals surface area contributed by atoms with Gasteiger partial charge in [-0.25, -0.2) is 0 Å². The summed E-state index contributed by atoms with van der Waals surface area (Å²) in [5, 5.41) is 14.5. The summed E-state index contributed by atoms with van der Waals surface area (Å²) in [6, 6.07) is 0. The van der Waals surface area contributed by atoms with Crippen molar-refractivity contribution in [1.82, 2.24) is 9.78 Å². The minimum Gasteiger partial charge on any atom is -0.396 e. The van der Waals surface area contributed by atoms with Crippen molar-refractivity contribution >= 4 is 11.6 Å². The van der Waals surface area contributed by atoms with E-state index in [-0.39, 0.29) is 12.0 Å². The Labute approximate surface area is 102 Å². The van der Waals surface area contributed by atoms with E-state index in [1.807, 2.05) is 18.7 Å². The summed E-state index contributed by atoms with van der Waals surface area (Å²) < 4.78 is 1.81. The Balaban J connectivity index is 3.03. The third-order valence-electron chi connectivity index (χ3n) is 3.59. The van der Waals surface area contributed by atoms with Crippen LogP contribution in [-0.4, -0.2) is 21.5 Å². The topological polar surface area (TPSA) is 38.0 Å². The summed E-state index contributed by atoms with van der Waals surface area (Å²) >= 11 is 6.22. The van der Waals surface area contributed by atoms with Gasteiger partial charge < -0.3 is 5.11 Å². The van der Waals surface area contributed by atoms with Crippen LogP contribution in [0.4, 0.5) is 0 Å². The number of hydrogen-bond donors (Lipinski definition) is 1. The van der Waals surface area contributed by atoms with Crippen LogP contribution in [0.3, 0.4) is 0 Å². The number of aliphatic hydroxyl groups excluding tert-OH is 1. The summed E-state index contributed by atoms with van der Waals surface area (Å²) in [5.41, 5.74) is 1.71. The lowest BCUT2D eigenvalue weighted by Gasteiger charge is -2.31. The predicted molar refractivity (Wildman–Crippen MR) is 66.7 cm³/mol. The summed E-state index contributed by atoms with van der Waals surface area (Å²) in [4.78, 5) is 0. The number of aromatic nitrogens is 2.